The van der Waals surface area contributed by atoms with Crippen LogP contribution in [0, 0.1) is 0 Å². The number of rotatable bonds is 11. The fourth-order valence-corrected chi connectivity index (χ4v) is 4.32. The highest BCUT2D eigenvalue weighted by Crippen LogP contribution is 2.16. The normalized spacial score (nSPS) is 21.1. The Kier molecular flexibility index (Phi) is 12.5. The summed E-state index contributed by atoms with van der Waals surface area (Å²) in [5, 5.41) is 3.77. The van der Waals surface area contributed by atoms with E-state index in [9.17, 15) is 0 Å². The van der Waals surface area contributed by atoms with Crippen molar-refractivity contribution in [1.82, 2.24) is 5.32 Å². The number of hydrogen-bond donors (Lipinski definition) is 1. The molecule has 0 spiro atoms. The molecule has 1 saturated heterocycles. The summed E-state index contributed by atoms with van der Waals surface area (Å²) in [7, 11) is 0. The first-order valence-corrected chi connectivity index (χ1v) is 10.8. The van der Waals surface area contributed by atoms with Crippen LogP contribution in [0.5, 0.6) is 0 Å². The van der Waals surface area contributed by atoms with E-state index in [4.69, 9.17) is 0 Å². The van der Waals surface area contributed by atoms with E-state index in [1.165, 1.54) is 116 Å². The molecule has 3 heteroatoms. The molecule has 1 unspecified atom stereocenters. The molecule has 0 amide bonds. The first-order valence-electron chi connectivity index (χ1n) is 10.8. The topological polar surface area (TPSA) is 45.0 Å². The molecule has 142 valence electrons. The van der Waals surface area contributed by atoms with Crippen LogP contribution in [-0.2, 0) is 0 Å². The average Bonchev–Trinajstić information content (AvgIpc) is 2.82. The zero-order valence-corrected chi connectivity index (χ0v) is 16.2. The van der Waals surface area contributed by atoms with Gasteiger partial charge in [-0.3, -0.25) is 0 Å². The molecule has 0 aromatic carbocycles. The van der Waals surface area contributed by atoms with E-state index in [2.05, 4.69) is 16.8 Å². The molecule has 0 aliphatic carbocycles. The van der Waals surface area contributed by atoms with Gasteiger partial charge in [-0.15, -0.1) is 0 Å². The van der Waals surface area contributed by atoms with Gasteiger partial charge in [-0.1, -0.05) is 58.3 Å². The second-order valence-corrected chi connectivity index (χ2v) is 7.77. The standard InChI is InChI=1S/C21H41N2.H2O/c1-2-3-4-5-6-7-8-9-10-13-18-23-19-14-15-20-21(23)16-11-12-17-22-20;/h20,22H,2-19H2,1H3;1H2/q+1;/p-1. The van der Waals surface area contributed by atoms with Crippen molar-refractivity contribution in [2.75, 3.05) is 19.6 Å². The SMILES string of the molecule is CCCCCCCCCCCC[N+]1=C2CCCCNC2CCC1.[OH-]. The Morgan fingerprint density at radius 2 is 1.54 bits per heavy atom. The summed E-state index contributed by atoms with van der Waals surface area (Å²) in [5.41, 5.74) is 1.75. The van der Waals surface area contributed by atoms with Crippen molar-refractivity contribution in [3.63, 3.8) is 0 Å². The van der Waals surface area contributed by atoms with E-state index in [1.54, 1.807) is 5.71 Å². The molecule has 0 bridgehead atoms. The molecule has 2 N–H and O–H groups in total. The van der Waals surface area contributed by atoms with Gasteiger partial charge in [-0.2, -0.15) is 0 Å². The maximum atomic E-state index is 3.77. The number of unbranched alkanes of at least 4 members (excludes halogenated alkanes) is 9. The van der Waals surface area contributed by atoms with Gasteiger partial charge >= 0.3 is 0 Å². The summed E-state index contributed by atoms with van der Waals surface area (Å²) in [4.78, 5) is 0. The molecule has 2 aliphatic rings. The molecule has 3 nitrogen and oxygen atoms in total. The van der Waals surface area contributed by atoms with Gasteiger partial charge in [-0.05, 0) is 32.2 Å². The van der Waals surface area contributed by atoms with Crippen molar-refractivity contribution in [1.29, 1.82) is 0 Å². The molecule has 2 aliphatic heterocycles. The first kappa shape index (κ1) is 21.6. The molecule has 1 fully saturated rings. The van der Waals surface area contributed by atoms with Gasteiger partial charge < -0.3 is 10.8 Å². The van der Waals surface area contributed by atoms with E-state index in [0.29, 0.717) is 0 Å². The van der Waals surface area contributed by atoms with E-state index < -0.39 is 0 Å². The van der Waals surface area contributed by atoms with Crippen LogP contribution in [0.2, 0.25) is 0 Å². The molecule has 24 heavy (non-hydrogen) atoms. The van der Waals surface area contributed by atoms with Crippen molar-refractivity contribution >= 4 is 5.71 Å². The van der Waals surface area contributed by atoms with Gasteiger partial charge in [-0.25, -0.2) is 4.58 Å². The lowest BCUT2D eigenvalue weighted by atomic mass is 9.98. The van der Waals surface area contributed by atoms with E-state index in [1.807, 2.05) is 0 Å². The Hall–Kier alpha value is -0.410. The second-order valence-electron chi connectivity index (χ2n) is 7.77. The van der Waals surface area contributed by atoms with Crippen LogP contribution >= 0.6 is 0 Å². The zero-order valence-electron chi connectivity index (χ0n) is 16.2. The summed E-state index contributed by atoms with van der Waals surface area (Å²) in [6.07, 6.45) is 21.3. The molecular weight excluding hydrogens is 296 g/mol. The summed E-state index contributed by atoms with van der Waals surface area (Å²) < 4.78 is 2.75. The first-order chi connectivity index (χ1) is 11.4. The highest BCUT2D eigenvalue weighted by atomic mass is 16.0. The Morgan fingerprint density at radius 1 is 0.875 bits per heavy atom. The smallest absolute Gasteiger partial charge is 0.169 e. The Bertz CT molecular complexity index is 341. The lowest BCUT2D eigenvalue weighted by Gasteiger charge is -2.22. The highest BCUT2D eigenvalue weighted by Gasteiger charge is 2.29. The average molecular weight is 339 g/mol. The largest absolute Gasteiger partial charge is 0.870 e. The third kappa shape index (κ3) is 8.11. The minimum absolute atomic E-state index is 0. The predicted molar refractivity (Wildman–Crippen MR) is 104 cm³/mol. The molecule has 1 atom stereocenters. The minimum atomic E-state index is 0. The van der Waals surface area contributed by atoms with Gasteiger partial charge in [0.05, 0.1) is 6.04 Å². The lowest BCUT2D eigenvalue weighted by molar-refractivity contribution is -0.535. The number of nitrogens with zero attached hydrogens (tertiary/aromatic N) is 1. The van der Waals surface area contributed by atoms with E-state index >= 15 is 0 Å². The van der Waals surface area contributed by atoms with Gasteiger partial charge in [0.2, 0.25) is 0 Å². The fraction of sp³-hybridized carbons (Fsp3) is 0.952. The van der Waals surface area contributed by atoms with Crippen LogP contribution in [0.4, 0.5) is 0 Å². The molecule has 2 heterocycles. The second kappa shape index (κ2) is 13.8. The Labute approximate surface area is 150 Å². The molecular formula is C21H42N2O. The molecule has 2 rings (SSSR count). The number of fused-ring (bicyclic) bond motifs is 1. The third-order valence-electron chi connectivity index (χ3n) is 5.76. The summed E-state index contributed by atoms with van der Waals surface area (Å²) >= 11 is 0. The van der Waals surface area contributed by atoms with Crippen molar-refractivity contribution in [2.45, 2.75) is 109 Å². The monoisotopic (exact) mass is 338 g/mol. The van der Waals surface area contributed by atoms with Crippen LogP contribution in [0.3, 0.4) is 0 Å². The number of nitrogens with one attached hydrogen (secondary N) is 1. The summed E-state index contributed by atoms with van der Waals surface area (Å²) in [5.74, 6) is 0. The van der Waals surface area contributed by atoms with E-state index in [0.717, 1.165) is 6.04 Å². The predicted octanol–water partition coefficient (Wildman–Crippen LogP) is 5.12. The van der Waals surface area contributed by atoms with Crippen LogP contribution in [0.1, 0.15) is 103 Å². The highest BCUT2D eigenvalue weighted by molar-refractivity contribution is 5.85. The van der Waals surface area contributed by atoms with E-state index in [-0.39, 0.29) is 5.48 Å². The quantitative estimate of drug-likeness (QED) is 0.420. The van der Waals surface area contributed by atoms with Gasteiger partial charge in [0.25, 0.3) is 0 Å². The maximum Gasteiger partial charge on any atom is 0.169 e. The Morgan fingerprint density at radius 3 is 2.25 bits per heavy atom. The minimum Gasteiger partial charge on any atom is -0.870 e. The van der Waals surface area contributed by atoms with Crippen LogP contribution in [0.25, 0.3) is 0 Å². The fourth-order valence-electron chi connectivity index (χ4n) is 4.32. The van der Waals surface area contributed by atoms with Crippen LogP contribution in [0.15, 0.2) is 0 Å². The molecule has 0 aromatic heterocycles. The number of hydrogen-bond acceptors (Lipinski definition) is 2. The van der Waals surface area contributed by atoms with Crippen molar-refractivity contribution in [3.05, 3.63) is 0 Å². The molecule has 0 aromatic rings. The summed E-state index contributed by atoms with van der Waals surface area (Å²) in [6, 6.07) is 0.717. The maximum absolute atomic E-state index is 3.77. The molecule has 0 saturated carbocycles. The van der Waals surface area contributed by atoms with Crippen molar-refractivity contribution in [2.24, 2.45) is 0 Å². The van der Waals surface area contributed by atoms with Crippen molar-refractivity contribution in [3.8, 4) is 0 Å². The molecule has 0 radical (unpaired) electrons. The zero-order chi connectivity index (χ0) is 16.2. The van der Waals surface area contributed by atoms with Gasteiger partial charge in [0.15, 0.2) is 5.71 Å². The third-order valence-corrected chi connectivity index (χ3v) is 5.76. The van der Waals surface area contributed by atoms with Crippen molar-refractivity contribution < 1.29 is 10.1 Å². The van der Waals surface area contributed by atoms with Crippen LogP contribution in [-0.4, -0.2) is 41.4 Å². The van der Waals surface area contributed by atoms with Crippen LogP contribution < -0.4 is 5.32 Å². The van der Waals surface area contributed by atoms with Gasteiger partial charge in [0, 0.05) is 19.3 Å². The van der Waals surface area contributed by atoms with Gasteiger partial charge in [0.1, 0.15) is 13.1 Å². The lowest BCUT2D eigenvalue weighted by Crippen LogP contribution is -2.44. The Balaban J connectivity index is 0.00000288. The summed E-state index contributed by atoms with van der Waals surface area (Å²) in [6.45, 7) is 6.18.